The van der Waals surface area contributed by atoms with Crippen LogP contribution in [0.1, 0.15) is 45.2 Å². The van der Waals surface area contributed by atoms with Crippen molar-refractivity contribution in [3.05, 3.63) is 205 Å². The molecule has 1 aliphatic rings. The van der Waals surface area contributed by atoms with E-state index >= 15 is 0 Å². The molecule has 2 heterocycles. The van der Waals surface area contributed by atoms with E-state index in [0.29, 0.717) is 17.6 Å². The molecule has 11 aromatic rings. The van der Waals surface area contributed by atoms with Crippen LogP contribution in [-0.4, -0.2) is 19.5 Å². The highest BCUT2D eigenvalue weighted by molar-refractivity contribution is 6.17. The zero-order valence-corrected chi connectivity index (χ0v) is 36.0. The number of para-hydroxylation sites is 1. The summed E-state index contributed by atoms with van der Waals surface area (Å²) in [6.45, 7) is 8.92. The fraction of sp³-hybridized carbons (Fsp3) is 0.102. The van der Waals surface area contributed by atoms with Crippen LogP contribution in [-0.2, 0) is 5.41 Å². The molecule has 0 amide bonds. The van der Waals surface area contributed by atoms with Crippen molar-refractivity contribution in [1.29, 1.82) is 0 Å². The number of hydrogen-bond acceptors (Lipinski definition) is 3. The average molecular weight is 811 g/mol. The second-order valence-electron chi connectivity index (χ2n) is 17.2. The summed E-state index contributed by atoms with van der Waals surface area (Å²) in [5.74, 6) is 1.82. The first-order chi connectivity index (χ1) is 30.9. The van der Waals surface area contributed by atoms with Gasteiger partial charge in [-0.15, -0.1) is 0 Å². The lowest BCUT2D eigenvalue weighted by Gasteiger charge is -2.21. The maximum atomic E-state index is 5.41. The van der Waals surface area contributed by atoms with Crippen LogP contribution in [0.2, 0.25) is 0 Å². The van der Waals surface area contributed by atoms with Gasteiger partial charge in [-0.1, -0.05) is 204 Å². The van der Waals surface area contributed by atoms with Crippen molar-refractivity contribution < 1.29 is 0 Å². The molecule has 0 atom stereocenters. The molecule has 0 N–H and O–H groups in total. The van der Waals surface area contributed by atoms with Crippen molar-refractivity contribution in [3.8, 4) is 62.1 Å². The zero-order chi connectivity index (χ0) is 42.7. The normalized spacial score (nSPS) is 12.6. The van der Waals surface area contributed by atoms with Crippen LogP contribution in [0.5, 0.6) is 0 Å². The van der Waals surface area contributed by atoms with Gasteiger partial charge in [0.05, 0.1) is 11.0 Å². The Bertz CT molecular complexity index is 3520. The van der Waals surface area contributed by atoms with Crippen molar-refractivity contribution >= 4 is 43.4 Å². The van der Waals surface area contributed by atoms with Crippen molar-refractivity contribution in [3.63, 3.8) is 0 Å². The molecule has 0 aliphatic heterocycles. The summed E-state index contributed by atoms with van der Waals surface area (Å²) in [5.41, 5.74) is 13.8. The van der Waals surface area contributed by atoms with E-state index in [4.69, 9.17) is 15.0 Å². The van der Waals surface area contributed by atoms with Crippen molar-refractivity contribution in [1.82, 2.24) is 19.5 Å². The molecule has 302 valence electrons. The molecule has 12 rings (SSSR count). The standard InChI is InChI=1S/C56H38N4.C3H8/c1-56(2)49-22-11-10-19-45(49)47-33-42(29-30-50(47)56)44-20-12-21-46-48-32-40-17-8-9-18-41(40)34-51(48)60(52(44)46)55-58-53(38-26-23-37(24-27-38)35-13-4-3-5-14-35)57-54(59-55)43-28-25-36-15-6-7-16-39(36)31-43;1-3-2/h3-34H,1-2H3;3H2,1-2H3. The predicted octanol–water partition coefficient (Wildman–Crippen LogP) is 15.7. The summed E-state index contributed by atoms with van der Waals surface area (Å²) in [6.07, 6.45) is 1.25. The minimum atomic E-state index is -0.0782. The Labute approximate surface area is 368 Å². The second kappa shape index (κ2) is 15.3. The molecule has 9 aromatic carbocycles. The molecule has 2 aromatic heterocycles. The molecule has 0 saturated carbocycles. The molecule has 4 heteroatoms. The van der Waals surface area contributed by atoms with Gasteiger partial charge in [0.25, 0.3) is 0 Å². The molecule has 0 saturated heterocycles. The van der Waals surface area contributed by atoms with Gasteiger partial charge in [0, 0.05) is 32.9 Å². The number of fused-ring (bicyclic) bond motifs is 8. The maximum Gasteiger partial charge on any atom is 0.238 e. The minimum Gasteiger partial charge on any atom is -0.277 e. The van der Waals surface area contributed by atoms with Gasteiger partial charge in [0.1, 0.15) is 0 Å². The smallest absolute Gasteiger partial charge is 0.238 e. The summed E-state index contributed by atoms with van der Waals surface area (Å²) in [4.78, 5) is 16.0. The van der Waals surface area contributed by atoms with Crippen LogP contribution >= 0.6 is 0 Å². The Kier molecular flexibility index (Phi) is 9.31. The van der Waals surface area contributed by atoms with E-state index in [-0.39, 0.29) is 5.41 Å². The fourth-order valence-electron chi connectivity index (χ4n) is 9.57. The highest BCUT2D eigenvalue weighted by Crippen LogP contribution is 2.50. The Morgan fingerprint density at radius 2 is 0.952 bits per heavy atom. The molecule has 0 spiro atoms. The lowest BCUT2D eigenvalue weighted by atomic mass is 9.82. The van der Waals surface area contributed by atoms with Crippen LogP contribution < -0.4 is 0 Å². The molecule has 4 nitrogen and oxygen atoms in total. The zero-order valence-electron chi connectivity index (χ0n) is 36.0. The summed E-state index contributed by atoms with van der Waals surface area (Å²) < 4.78 is 2.28. The Balaban J connectivity index is 0.00000144. The third-order valence-corrected chi connectivity index (χ3v) is 12.6. The van der Waals surface area contributed by atoms with E-state index in [2.05, 4.69) is 220 Å². The molecule has 0 unspecified atom stereocenters. The predicted molar refractivity (Wildman–Crippen MR) is 264 cm³/mol. The second-order valence-corrected chi connectivity index (χ2v) is 17.2. The summed E-state index contributed by atoms with van der Waals surface area (Å²) in [7, 11) is 0. The number of rotatable bonds is 5. The Morgan fingerprint density at radius 3 is 1.71 bits per heavy atom. The number of hydrogen-bond donors (Lipinski definition) is 0. The van der Waals surface area contributed by atoms with E-state index in [0.717, 1.165) is 60.4 Å². The van der Waals surface area contributed by atoms with Crippen LogP contribution in [0.25, 0.3) is 105 Å². The summed E-state index contributed by atoms with van der Waals surface area (Å²) in [6, 6.07) is 69.7. The third kappa shape index (κ3) is 6.49. The van der Waals surface area contributed by atoms with E-state index in [1.807, 2.05) is 6.07 Å². The molecule has 0 bridgehead atoms. The molecule has 0 radical (unpaired) electrons. The Hall–Kier alpha value is -7.69. The van der Waals surface area contributed by atoms with Gasteiger partial charge in [0.2, 0.25) is 5.95 Å². The van der Waals surface area contributed by atoms with Gasteiger partial charge >= 0.3 is 0 Å². The van der Waals surface area contributed by atoms with Gasteiger partial charge in [-0.3, -0.25) is 4.57 Å². The van der Waals surface area contributed by atoms with Gasteiger partial charge in [-0.05, 0) is 84.8 Å². The lowest BCUT2D eigenvalue weighted by molar-refractivity contribution is 0.660. The largest absolute Gasteiger partial charge is 0.277 e. The molecule has 0 fully saturated rings. The lowest BCUT2D eigenvalue weighted by Crippen LogP contribution is -2.14. The summed E-state index contributed by atoms with van der Waals surface area (Å²) >= 11 is 0. The van der Waals surface area contributed by atoms with Crippen molar-refractivity contribution in [2.75, 3.05) is 0 Å². The van der Waals surface area contributed by atoms with Crippen LogP contribution in [0.15, 0.2) is 194 Å². The van der Waals surface area contributed by atoms with E-state index in [1.54, 1.807) is 0 Å². The van der Waals surface area contributed by atoms with Crippen molar-refractivity contribution in [2.45, 2.75) is 39.5 Å². The van der Waals surface area contributed by atoms with E-state index < -0.39 is 0 Å². The number of benzene rings is 9. The summed E-state index contributed by atoms with van der Waals surface area (Å²) in [5, 5.41) is 6.96. The highest BCUT2D eigenvalue weighted by Gasteiger charge is 2.35. The van der Waals surface area contributed by atoms with E-state index in [9.17, 15) is 0 Å². The van der Waals surface area contributed by atoms with Gasteiger partial charge in [-0.25, -0.2) is 4.98 Å². The monoisotopic (exact) mass is 810 g/mol. The average Bonchev–Trinajstić information content (AvgIpc) is 3.78. The van der Waals surface area contributed by atoms with Gasteiger partial charge in [0.15, 0.2) is 11.6 Å². The fourth-order valence-corrected chi connectivity index (χ4v) is 9.57. The third-order valence-electron chi connectivity index (χ3n) is 12.6. The molecule has 63 heavy (non-hydrogen) atoms. The first-order valence-corrected chi connectivity index (χ1v) is 22.0. The van der Waals surface area contributed by atoms with Gasteiger partial charge in [-0.2, -0.15) is 9.97 Å². The first-order valence-electron chi connectivity index (χ1n) is 22.0. The quantitative estimate of drug-likeness (QED) is 0.174. The topological polar surface area (TPSA) is 43.6 Å². The van der Waals surface area contributed by atoms with E-state index in [1.165, 1.54) is 45.0 Å². The molecule has 1 aliphatic carbocycles. The minimum absolute atomic E-state index is 0.0782. The van der Waals surface area contributed by atoms with Crippen LogP contribution in [0.4, 0.5) is 0 Å². The highest BCUT2D eigenvalue weighted by atomic mass is 15.2. The number of aromatic nitrogens is 4. The van der Waals surface area contributed by atoms with Crippen LogP contribution in [0, 0.1) is 0 Å². The van der Waals surface area contributed by atoms with Crippen LogP contribution in [0.3, 0.4) is 0 Å². The maximum absolute atomic E-state index is 5.41. The molecular formula is C59H46N4. The SMILES string of the molecule is CC1(C)c2ccccc2-c2cc(-c3cccc4c5cc6ccccc6cc5n(-c5nc(-c6ccc(-c7ccccc7)cc6)nc(-c6ccc7ccccc7c6)n5)c34)ccc21.CCC. The number of nitrogens with zero attached hydrogens (tertiary/aromatic N) is 4. The first kappa shape index (κ1) is 38.2. The Morgan fingerprint density at radius 1 is 0.397 bits per heavy atom. The molecular weight excluding hydrogens is 765 g/mol. The van der Waals surface area contributed by atoms with Crippen molar-refractivity contribution in [2.24, 2.45) is 0 Å². The van der Waals surface area contributed by atoms with Gasteiger partial charge < -0.3 is 0 Å².